The molecule has 96 valence electrons. The number of imidazole rings is 1. The fourth-order valence-corrected chi connectivity index (χ4v) is 2.24. The number of hydrogen-bond acceptors (Lipinski definition) is 4. The van der Waals surface area contributed by atoms with Crippen molar-refractivity contribution in [2.24, 2.45) is 5.73 Å². The van der Waals surface area contributed by atoms with Crippen LogP contribution in [0.3, 0.4) is 0 Å². The van der Waals surface area contributed by atoms with Crippen LogP contribution in [0.5, 0.6) is 11.5 Å². The number of ether oxygens (including phenoxy) is 2. The molecule has 0 atom stereocenters. The van der Waals surface area contributed by atoms with E-state index in [4.69, 9.17) is 15.2 Å². The Hall–Kier alpha value is -1.75. The van der Waals surface area contributed by atoms with Crippen LogP contribution in [0.2, 0.25) is 0 Å². The van der Waals surface area contributed by atoms with Crippen molar-refractivity contribution in [3.63, 3.8) is 0 Å². The number of aromatic nitrogens is 2. The third-order valence-electron chi connectivity index (χ3n) is 3.00. The van der Waals surface area contributed by atoms with Crippen LogP contribution in [-0.2, 0) is 6.54 Å². The summed E-state index contributed by atoms with van der Waals surface area (Å²) in [7, 11) is 0. The van der Waals surface area contributed by atoms with Crippen molar-refractivity contribution in [3.05, 3.63) is 18.0 Å². The van der Waals surface area contributed by atoms with Crippen LogP contribution in [-0.4, -0.2) is 21.9 Å². The first-order valence-corrected chi connectivity index (χ1v) is 5.99. The van der Waals surface area contributed by atoms with Gasteiger partial charge >= 0.3 is 0 Å². The quantitative estimate of drug-likeness (QED) is 0.879. The first-order valence-electron chi connectivity index (χ1n) is 5.99. The maximum Gasteiger partial charge on any atom is 0.231 e. The fraction of sp³-hybridized carbons (Fsp3) is 0.462. The Bertz CT molecular complexity index is 611. The zero-order valence-corrected chi connectivity index (χ0v) is 10.9. The Kier molecular flexibility index (Phi) is 2.28. The zero-order valence-electron chi connectivity index (χ0n) is 10.9. The van der Waals surface area contributed by atoms with Gasteiger partial charge in [-0.15, -0.1) is 0 Å². The molecule has 2 aromatic rings. The molecule has 2 N–H and O–H groups in total. The summed E-state index contributed by atoms with van der Waals surface area (Å²) in [6.07, 6.45) is 0. The molecule has 0 aliphatic carbocycles. The minimum atomic E-state index is -0.283. The average Bonchev–Trinajstić information content (AvgIpc) is 2.80. The lowest BCUT2D eigenvalue weighted by atomic mass is 10.1. The number of nitrogens with two attached hydrogens (primary N) is 1. The van der Waals surface area contributed by atoms with E-state index in [1.807, 2.05) is 32.9 Å². The Morgan fingerprint density at radius 1 is 1.33 bits per heavy atom. The first-order chi connectivity index (χ1) is 8.44. The highest BCUT2D eigenvalue weighted by Gasteiger charge is 2.20. The second-order valence-electron chi connectivity index (χ2n) is 5.43. The first kappa shape index (κ1) is 11.3. The highest BCUT2D eigenvalue weighted by Crippen LogP contribution is 2.36. The van der Waals surface area contributed by atoms with Gasteiger partial charge in [0.25, 0.3) is 0 Å². The standard InChI is InChI=1S/C13H17N3O2/c1-8-15-9-4-11-12(18-7-17-11)5-10(9)16(8)6-13(2,3)14/h4-5H,6-7,14H2,1-3H3. The summed E-state index contributed by atoms with van der Waals surface area (Å²) in [4.78, 5) is 4.55. The van der Waals surface area contributed by atoms with Gasteiger partial charge in [-0.25, -0.2) is 4.98 Å². The minimum Gasteiger partial charge on any atom is -0.454 e. The van der Waals surface area contributed by atoms with Crippen molar-refractivity contribution in [2.75, 3.05) is 6.79 Å². The van der Waals surface area contributed by atoms with Gasteiger partial charge in [-0.2, -0.15) is 0 Å². The molecule has 1 aromatic heterocycles. The predicted octanol–water partition coefficient (Wildman–Crippen LogP) is 1.81. The molecule has 0 fully saturated rings. The highest BCUT2D eigenvalue weighted by atomic mass is 16.7. The third-order valence-corrected chi connectivity index (χ3v) is 3.00. The van der Waals surface area contributed by atoms with Crippen LogP contribution < -0.4 is 15.2 Å². The Balaban J connectivity index is 2.16. The number of nitrogens with zero attached hydrogens (tertiary/aromatic N) is 2. The molecule has 0 amide bonds. The molecule has 3 rings (SSSR count). The maximum atomic E-state index is 6.09. The van der Waals surface area contributed by atoms with Crippen molar-refractivity contribution in [1.29, 1.82) is 0 Å². The van der Waals surface area contributed by atoms with E-state index in [9.17, 15) is 0 Å². The third kappa shape index (κ3) is 1.80. The van der Waals surface area contributed by atoms with E-state index < -0.39 is 0 Å². The van der Waals surface area contributed by atoms with Gasteiger partial charge in [0, 0.05) is 24.2 Å². The minimum absolute atomic E-state index is 0.281. The molecule has 18 heavy (non-hydrogen) atoms. The van der Waals surface area contributed by atoms with E-state index in [2.05, 4.69) is 9.55 Å². The smallest absolute Gasteiger partial charge is 0.231 e. The average molecular weight is 247 g/mol. The zero-order chi connectivity index (χ0) is 12.9. The maximum absolute atomic E-state index is 6.09. The molecule has 1 aromatic carbocycles. The van der Waals surface area contributed by atoms with Gasteiger partial charge in [0.2, 0.25) is 6.79 Å². The van der Waals surface area contributed by atoms with E-state index in [1.165, 1.54) is 0 Å². The molecule has 5 nitrogen and oxygen atoms in total. The van der Waals surface area contributed by atoms with Crippen molar-refractivity contribution in [2.45, 2.75) is 32.9 Å². The summed E-state index contributed by atoms with van der Waals surface area (Å²) in [6, 6.07) is 3.90. The molecule has 0 saturated heterocycles. The number of aryl methyl sites for hydroxylation is 1. The SMILES string of the molecule is Cc1nc2cc3c(cc2n1CC(C)(C)N)OCO3. The van der Waals surface area contributed by atoms with E-state index in [-0.39, 0.29) is 12.3 Å². The van der Waals surface area contributed by atoms with Crippen molar-refractivity contribution >= 4 is 11.0 Å². The lowest BCUT2D eigenvalue weighted by molar-refractivity contribution is 0.174. The van der Waals surface area contributed by atoms with Crippen LogP contribution in [0.1, 0.15) is 19.7 Å². The molecule has 0 radical (unpaired) electrons. The molecule has 1 aliphatic heterocycles. The van der Waals surface area contributed by atoms with E-state index in [0.29, 0.717) is 0 Å². The monoisotopic (exact) mass is 247 g/mol. The number of hydrogen-bond donors (Lipinski definition) is 1. The lowest BCUT2D eigenvalue weighted by Crippen LogP contribution is -2.37. The Morgan fingerprint density at radius 2 is 2.00 bits per heavy atom. The van der Waals surface area contributed by atoms with Gasteiger partial charge in [0.1, 0.15) is 5.82 Å². The van der Waals surface area contributed by atoms with E-state index >= 15 is 0 Å². The van der Waals surface area contributed by atoms with Gasteiger partial charge in [0.05, 0.1) is 11.0 Å². The summed E-state index contributed by atoms with van der Waals surface area (Å²) >= 11 is 0. The second kappa shape index (κ2) is 3.62. The fourth-order valence-electron chi connectivity index (χ4n) is 2.24. The molecule has 2 heterocycles. The molecule has 0 saturated carbocycles. The Labute approximate surface area is 106 Å². The van der Waals surface area contributed by atoms with Gasteiger partial charge in [-0.1, -0.05) is 0 Å². The molecule has 5 heteroatoms. The van der Waals surface area contributed by atoms with Crippen molar-refractivity contribution < 1.29 is 9.47 Å². The number of benzene rings is 1. The van der Waals surface area contributed by atoms with Crippen molar-refractivity contribution in [3.8, 4) is 11.5 Å². The van der Waals surface area contributed by atoms with E-state index in [0.717, 1.165) is 34.9 Å². The largest absolute Gasteiger partial charge is 0.454 e. The molecule has 1 aliphatic rings. The van der Waals surface area contributed by atoms with Crippen LogP contribution in [0, 0.1) is 6.92 Å². The van der Waals surface area contributed by atoms with Crippen LogP contribution in [0.4, 0.5) is 0 Å². The molecule has 0 bridgehead atoms. The highest BCUT2D eigenvalue weighted by molar-refractivity contribution is 5.81. The summed E-state index contributed by atoms with van der Waals surface area (Å²) in [5, 5.41) is 0. The van der Waals surface area contributed by atoms with Gasteiger partial charge in [-0.05, 0) is 20.8 Å². The second-order valence-corrected chi connectivity index (χ2v) is 5.43. The summed E-state index contributed by atoms with van der Waals surface area (Å²) in [6.45, 7) is 6.99. The van der Waals surface area contributed by atoms with Gasteiger partial charge < -0.3 is 19.8 Å². The Morgan fingerprint density at radius 3 is 2.67 bits per heavy atom. The lowest BCUT2D eigenvalue weighted by Gasteiger charge is -2.20. The van der Waals surface area contributed by atoms with Crippen LogP contribution in [0.15, 0.2) is 12.1 Å². The van der Waals surface area contributed by atoms with Crippen molar-refractivity contribution in [1.82, 2.24) is 9.55 Å². The summed E-state index contributed by atoms with van der Waals surface area (Å²) < 4.78 is 12.9. The molecule has 0 spiro atoms. The number of rotatable bonds is 2. The van der Waals surface area contributed by atoms with Gasteiger partial charge in [0.15, 0.2) is 11.5 Å². The van der Waals surface area contributed by atoms with Gasteiger partial charge in [-0.3, -0.25) is 0 Å². The normalized spacial score (nSPS) is 14.4. The number of fused-ring (bicyclic) bond motifs is 2. The molecular weight excluding hydrogens is 230 g/mol. The van der Waals surface area contributed by atoms with Crippen LogP contribution >= 0.6 is 0 Å². The van der Waals surface area contributed by atoms with Crippen LogP contribution in [0.25, 0.3) is 11.0 Å². The summed E-state index contributed by atoms with van der Waals surface area (Å²) in [5.74, 6) is 2.49. The molecule has 0 unspecified atom stereocenters. The van der Waals surface area contributed by atoms with E-state index in [1.54, 1.807) is 0 Å². The molecular formula is C13H17N3O2. The predicted molar refractivity (Wildman–Crippen MR) is 68.9 cm³/mol. The topological polar surface area (TPSA) is 62.3 Å². The summed E-state index contributed by atoms with van der Waals surface area (Å²) in [5.41, 5.74) is 7.77.